The van der Waals surface area contributed by atoms with Gasteiger partial charge in [-0.15, -0.1) is 0 Å². The van der Waals surface area contributed by atoms with Crippen LogP contribution in [0.1, 0.15) is 35.7 Å². The molecule has 8 heteroatoms. The fraction of sp³-hybridized carbons (Fsp3) is 0.350. The molecular formula is C20H21ClF2N2O2S. The Morgan fingerprint density at radius 2 is 2.11 bits per heavy atom. The number of carboxylic acid groups (broad SMARTS) is 1. The van der Waals surface area contributed by atoms with Crippen molar-refractivity contribution in [2.24, 2.45) is 0 Å². The normalized spacial score (nSPS) is 16.1. The van der Waals surface area contributed by atoms with Crippen molar-refractivity contribution >= 4 is 40.9 Å². The number of benzene rings is 2. The van der Waals surface area contributed by atoms with E-state index in [1.54, 1.807) is 41.3 Å². The predicted molar refractivity (Wildman–Crippen MR) is 110 cm³/mol. The molecule has 0 unspecified atom stereocenters. The van der Waals surface area contributed by atoms with E-state index in [-0.39, 0.29) is 18.5 Å². The minimum atomic E-state index is -2.71. The van der Waals surface area contributed by atoms with E-state index in [1.807, 2.05) is 6.92 Å². The lowest BCUT2D eigenvalue weighted by atomic mass is 10.1. The zero-order valence-electron chi connectivity index (χ0n) is 15.3. The molecule has 1 fully saturated rings. The maximum atomic E-state index is 13.9. The number of hydrogen-bond acceptors (Lipinski definition) is 4. The highest BCUT2D eigenvalue weighted by atomic mass is 35.5. The first-order valence-electron chi connectivity index (χ1n) is 9.00. The Morgan fingerprint density at radius 1 is 1.32 bits per heavy atom. The van der Waals surface area contributed by atoms with Crippen molar-refractivity contribution < 1.29 is 18.7 Å². The number of aromatic carboxylic acids is 1. The monoisotopic (exact) mass is 426 g/mol. The number of nitrogens with one attached hydrogen (secondary N) is 1. The molecule has 0 atom stereocenters. The second-order valence-electron chi connectivity index (χ2n) is 6.73. The summed E-state index contributed by atoms with van der Waals surface area (Å²) in [6.45, 7) is 2.20. The van der Waals surface area contributed by atoms with Gasteiger partial charge in [0, 0.05) is 22.9 Å². The molecule has 0 aliphatic carbocycles. The first kappa shape index (κ1) is 20.7. The fourth-order valence-corrected chi connectivity index (χ4v) is 4.31. The molecule has 2 N–H and O–H groups in total. The van der Waals surface area contributed by atoms with E-state index in [2.05, 4.69) is 4.72 Å². The van der Waals surface area contributed by atoms with Gasteiger partial charge in [-0.25, -0.2) is 13.6 Å². The zero-order valence-corrected chi connectivity index (χ0v) is 16.9. The molecule has 2 aromatic carbocycles. The van der Waals surface area contributed by atoms with Crippen LogP contribution in [0, 0.1) is 0 Å². The van der Waals surface area contributed by atoms with E-state index in [1.165, 1.54) is 11.9 Å². The highest BCUT2D eigenvalue weighted by Crippen LogP contribution is 2.37. The van der Waals surface area contributed by atoms with Gasteiger partial charge < -0.3 is 14.7 Å². The average Bonchev–Trinajstić information content (AvgIpc) is 2.65. The summed E-state index contributed by atoms with van der Waals surface area (Å²) >= 11 is 7.38. The summed E-state index contributed by atoms with van der Waals surface area (Å²) in [7, 11) is 0. The van der Waals surface area contributed by atoms with Crippen molar-refractivity contribution in [1.29, 1.82) is 0 Å². The van der Waals surface area contributed by atoms with Gasteiger partial charge in [-0.2, -0.15) is 0 Å². The maximum Gasteiger partial charge on any atom is 0.335 e. The summed E-state index contributed by atoms with van der Waals surface area (Å²) in [5, 5.41) is 9.72. The molecule has 3 rings (SSSR count). The number of aryl methyl sites for hydroxylation is 1. The molecule has 150 valence electrons. The summed E-state index contributed by atoms with van der Waals surface area (Å²) in [4.78, 5) is 13.7. The molecule has 1 heterocycles. The maximum absolute atomic E-state index is 13.9. The van der Waals surface area contributed by atoms with Crippen molar-refractivity contribution in [2.75, 3.05) is 22.7 Å². The lowest BCUT2D eigenvalue weighted by Gasteiger charge is -2.35. The van der Waals surface area contributed by atoms with Gasteiger partial charge in [0.2, 0.25) is 0 Å². The van der Waals surface area contributed by atoms with Crippen LogP contribution in [-0.2, 0) is 6.42 Å². The first-order valence-corrected chi connectivity index (χ1v) is 10.2. The van der Waals surface area contributed by atoms with Crippen LogP contribution >= 0.6 is 23.5 Å². The third-order valence-corrected chi connectivity index (χ3v) is 5.82. The first-order chi connectivity index (χ1) is 13.3. The third kappa shape index (κ3) is 4.89. The summed E-state index contributed by atoms with van der Waals surface area (Å²) in [6, 6.07) is 10.1. The molecule has 1 saturated heterocycles. The van der Waals surface area contributed by atoms with Crippen molar-refractivity contribution in [3.05, 3.63) is 52.5 Å². The van der Waals surface area contributed by atoms with Gasteiger partial charge in [0.15, 0.2) is 0 Å². The van der Waals surface area contributed by atoms with Gasteiger partial charge >= 0.3 is 5.97 Å². The number of rotatable bonds is 6. The third-order valence-electron chi connectivity index (χ3n) is 4.66. The number of hydrogen-bond donors (Lipinski definition) is 2. The highest BCUT2D eigenvalue weighted by molar-refractivity contribution is 8.00. The number of carboxylic acids is 1. The minimum Gasteiger partial charge on any atom is -0.478 e. The Bertz CT molecular complexity index is 879. The number of anilines is 2. The van der Waals surface area contributed by atoms with Crippen LogP contribution in [-0.4, -0.2) is 30.1 Å². The van der Waals surface area contributed by atoms with E-state index in [9.17, 15) is 18.7 Å². The second kappa shape index (κ2) is 8.57. The smallest absolute Gasteiger partial charge is 0.335 e. The summed E-state index contributed by atoms with van der Waals surface area (Å²) in [5.41, 5.74) is 2.47. The van der Waals surface area contributed by atoms with Crippen molar-refractivity contribution in [1.82, 2.24) is 0 Å². The summed E-state index contributed by atoms with van der Waals surface area (Å²) in [6.07, 6.45) is 1.06. The molecule has 0 aromatic heterocycles. The minimum absolute atomic E-state index is 0.101. The quantitative estimate of drug-likeness (QED) is 0.558. The predicted octanol–water partition coefficient (Wildman–Crippen LogP) is 5.96. The second-order valence-corrected chi connectivity index (χ2v) is 8.01. The number of piperidine rings is 1. The van der Waals surface area contributed by atoms with Gasteiger partial charge in [0.05, 0.1) is 23.5 Å². The number of carbonyl (C=O) groups is 1. The molecule has 0 radical (unpaired) electrons. The van der Waals surface area contributed by atoms with Crippen LogP contribution in [0.3, 0.4) is 0 Å². The largest absolute Gasteiger partial charge is 0.478 e. The van der Waals surface area contributed by atoms with Crippen LogP contribution in [0.25, 0.3) is 0 Å². The van der Waals surface area contributed by atoms with Gasteiger partial charge in [0.25, 0.3) is 5.92 Å². The molecule has 1 aliphatic rings. The Labute approximate surface area is 172 Å². The highest BCUT2D eigenvalue weighted by Gasteiger charge is 2.35. The molecule has 1 aliphatic heterocycles. The van der Waals surface area contributed by atoms with Crippen LogP contribution in [0.15, 0.2) is 41.3 Å². The number of nitrogens with zero attached hydrogens (tertiary/aromatic N) is 1. The van der Waals surface area contributed by atoms with Crippen LogP contribution in [0.5, 0.6) is 0 Å². The molecule has 0 saturated carbocycles. The van der Waals surface area contributed by atoms with Crippen LogP contribution in [0.4, 0.5) is 20.2 Å². The fourth-order valence-electron chi connectivity index (χ4n) is 3.22. The number of alkyl halides is 2. The Morgan fingerprint density at radius 3 is 2.79 bits per heavy atom. The van der Waals surface area contributed by atoms with Gasteiger partial charge in [-0.05, 0) is 60.7 Å². The van der Waals surface area contributed by atoms with Gasteiger partial charge in [0.1, 0.15) is 0 Å². The van der Waals surface area contributed by atoms with Crippen molar-refractivity contribution in [2.45, 2.75) is 37.0 Å². The molecule has 28 heavy (non-hydrogen) atoms. The van der Waals surface area contributed by atoms with E-state index in [0.717, 1.165) is 16.9 Å². The molecule has 4 nitrogen and oxygen atoms in total. The summed E-state index contributed by atoms with van der Waals surface area (Å²) < 4.78 is 30.9. The van der Waals surface area contributed by atoms with Crippen molar-refractivity contribution in [3.63, 3.8) is 0 Å². The van der Waals surface area contributed by atoms with Crippen LogP contribution in [0.2, 0.25) is 5.02 Å². The standard InChI is InChI=1S/C20H21ClF2N2O2S/c1-2-13-4-5-14(19(26)27)10-18(13)28-24-16-11-15(21)6-7-17(16)25-9-3-8-20(22,23)12-25/h4-7,10-11,24H,2-3,8-9,12H2,1H3,(H,26,27). The number of halogens is 3. The van der Waals surface area contributed by atoms with E-state index in [4.69, 9.17) is 11.6 Å². The van der Waals surface area contributed by atoms with E-state index >= 15 is 0 Å². The molecule has 0 spiro atoms. The van der Waals surface area contributed by atoms with Gasteiger partial charge in [-0.1, -0.05) is 24.6 Å². The van der Waals surface area contributed by atoms with Crippen LogP contribution < -0.4 is 9.62 Å². The summed E-state index contributed by atoms with van der Waals surface area (Å²) in [5.74, 6) is -3.71. The van der Waals surface area contributed by atoms with E-state index < -0.39 is 11.9 Å². The Kier molecular flexibility index (Phi) is 6.35. The van der Waals surface area contributed by atoms with Crippen molar-refractivity contribution in [3.8, 4) is 0 Å². The lowest BCUT2D eigenvalue weighted by Crippen LogP contribution is -2.42. The SMILES string of the molecule is CCc1ccc(C(=O)O)cc1SNc1cc(Cl)ccc1N1CCCC(F)(F)C1. The Hall–Kier alpha value is -1.99. The topological polar surface area (TPSA) is 52.6 Å². The molecule has 0 amide bonds. The lowest BCUT2D eigenvalue weighted by molar-refractivity contribution is -0.0116. The Balaban J connectivity index is 1.86. The average molecular weight is 427 g/mol. The van der Waals surface area contributed by atoms with E-state index in [0.29, 0.717) is 29.4 Å². The molecular weight excluding hydrogens is 406 g/mol. The molecule has 0 bridgehead atoms. The molecule has 2 aromatic rings. The van der Waals surface area contributed by atoms with Gasteiger partial charge in [-0.3, -0.25) is 0 Å². The zero-order chi connectivity index (χ0) is 20.3.